The van der Waals surface area contributed by atoms with Crippen LogP contribution in [0.4, 0.5) is 0 Å². The van der Waals surface area contributed by atoms with Crippen molar-refractivity contribution < 1.29 is 22.8 Å². The maximum atomic E-state index is 12.9. The molecule has 0 saturated carbocycles. The first-order valence-corrected chi connectivity index (χ1v) is 14.3. The van der Waals surface area contributed by atoms with Gasteiger partial charge in [0.2, 0.25) is 10.0 Å². The fourth-order valence-corrected chi connectivity index (χ4v) is 7.58. The van der Waals surface area contributed by atoms with E-state index in [1.165, 1.54) is 23.5 Å². The van der Waals surface area contributed by atoms with Gasteiger partial charge in [-0.3, -0.25) is 4.57 Å². The van der Waals surface area contributed by atoms with Crippen LogP contribution in [0.3, 0.4) is 0 Å². The molecule has 1 unspecified atom stereocenters. The Balaban J connectivity index is 1.83. The summed E-state index contributed by atoms with van der Waals surface area (Å²) < 4.78 is 41.5. The van der Waals surface area contributed by atoms with Crippen molar-refractivity contribution >= 4 is 50.9 Å². The van der Waals surface area contributed by atoms with Crippen LogP contribution in [-0.2, 0) is 21.0 Å². The molecule has 162 valence electrons. The van der Waals surface area contributed by atoms with Crippen LogP contribution in [0.1, 0.15) is 25.3 Å². The van der Waals surface area contributed by atoms with Crippen molar-refractivity contribution in [2.45, 2.75) is 41.2 Å². The van der Waals surface area contributed by atoms with E-state index in [0.29, 0.717) is 15.8 Å². The van der Waals surface area contributed by atoms with E-state index in [1.54, 1.807) is 48.2 Å². The number of benzene rings is 2. The summed E-state index contributed by atoms with van der Waals surface area (Å²) in [5.74, 6) is -0.603. The Morgan fingerprint density at radius 2 is 1.93 bits per heavy atom. The standard InChI is InChI=1S/C19H23N2O5PS3/c1-2-3-11-28-19-20-16-10-9-15(13-17(16)29-19)30(25,26)21-18(27(22,23)24)12-14-7-5-4-6-8-14/h4-10,13,18,21H,2-3,11-12H2,1H3,(H2,22,23,24). The number of unbranched alkanes of at least 4 members (excludes halogenated alkanes) is 1. The lowest BCUT2D eigenvalue weighted by molar-refractivity contribution is 0.353. The third kappa shape index (κ3) is 6.13. The summed E-state index contributed by atoms with van der Waals surface area (Å²) >= 11 is 3.05. The number of hydrogen-bond acceptors (Lipinski definition) is 6. The SMILES string of the molecule is CCCCSc1nc2ccc(S(=O)(=O)NC(Cc3ccccc3)P(=O)(O)O)cc2s1. The number of nitrogens with one attached hydrogen (secondary N) is 1. The lowest BCUT2D eigenvalue weighted by atomic mass is 10.1. The van der Waals surface area contributed by atoms with Gasteiger partial charge in [-0.25, -0.2) is 13.4 Å². The van der Waals surface area contributed by atoms with Crippen molar-refractivity contribution in [1.29, 1.82) is 0 Å². The summed E-state index contributed by atoms with van der Waals surface area (Å²) in [5, 5.41) is 0. The van der Waals surface area contributed by atoms with Crippen molar-refractivity contribution in [3.8, 4) is 0 Å². The Morgan fingerprint density at radius 1 is 1.20 bits per heavy atom. The highest BCUT2D eigenvalue weighted by molar-refractivity contribution is 8.01. The zero-order valence-corrected chi connectivity index (χ0v) is 19.6. The highest BCUT2D eigenvalue weighted by Gasteiger charge is 2.33. The molecular formula is C19H23N2O5PS3. The molecule has 0 saturated heterocycles. The molecule has 0 amide bonds. The quantitative estimate of drug-likeness (QED) is 0.223. The molecule has 0 aliphatic heterocycles. The van der Waals surface area contributed by atoms with Crippen LogP contribution < -0.4 is 4.72 Å². The first kappa shape index (κ1) is 23.4. The third-order valence-electron chi connectivity index (χ3n) is 4.34. The molecule has 11 heteroatoms. The van der Waals surface area contributed by atoms with E-state index >= 15 is 0 Å². The van der Waals surface area contributed by atoms with Crippen LogP contribution in [0, 0.1) is 0 Å². The fraction of sp³-hybridized carbons (Fsp3) is 0.316. The number of thiazole rings is 1. The highest BCUT2D eigenvalue weighted by atomic mass is 32.2. The van der Waals surface area contributed by atoms with Crippen molar-refractivity contribution in [2.75, 3.05) is 5.75 Å². The van der Waals surface area contributed by atoms with Crippen LogP contribution >= 0.6 is 30.7 Å². The molecule has 2 aromatic carbocycles. The van der Waals surface area contributed by atoms with Gasteiger partial charge >= 0.3 is 7.60 Å². The number of fused-ring (bicyclic) bond motifs is 1. The van der Waals surface area contributed by atoms with Gasteiger partial charge < -0.3 is 9.79 Å². The average Bonchev–Trinajstić information content (AvgIpc) is 3.09. The van der Waals surface area contributed by atoms with Crippen molar-refractivity contribution in [3.63, 3.8) is 0 Å². The van der Waals surface area contributed by atoms with Gasteiger partial charge in [-0.15, -0.1) is 11.3 Å². The molecular weight excluding hydrogens is 463 g/mol. The Labute approximate surface area is 184 Å². The molecule has 0 spiro atoms. The van der Waals surface area contributed by atoms with Gasteiger partial charge in [0.05, 0.1) is 15.1 Å². The topological polar surface area (TPSA) is 117 Å². The van der Waals surface area contributed by atoms with E-state index in [1.807, 2.05) is 0 Å². The second kappa shape index (κ2) is 9.91. The first-order valence-electron chi connectivity index (χ1n) is 9.34. The minimum atomic E-state index is -4.72. The zero-order chi connectivity index (χ0) is 21.8. The van der Waals surface area contributed by atoms with Gasteiger partial charge in [-0.1, -0.05) is 55.4 Å². The molecule has 0 radical (unpaired) electrons. The van der Waals surface area contributed by atoms with E-state index < -0.39 is 23.4 Å². The molecule has 1 atom stereocenters. The predicted octanol–water partition coefficient (Wildman–Crippen LogP) is 4.21. The van der Waals surface area contributed by atoms with Crippen LogP contribution in [0.15, 0.2) is 57.8 Å². The molecule has 7 nitrogen and oxygen atoms in total. The molecule has 0 aliphatic rings. The summed E-state index contributed by atoms with van der Waals surface area (Å²) in [7, 11) is -8.86. The van der Waals surface area contributed by atoms with E-state index in [4.69, 9.17) is 0 Å². The summed E-state index contributed by atoms with van der Waals surface area (Å²) in [6.45, 7) is 2.12. The van der Waals surface area contributed by atoms with Gasteiger partial charge in [-0.05, 0) is 30.2 Å². The number of sulfonamides is 1. The highest BCUT2D eigenvalue weighted by Crippen LogP contribution is 2.42. The minimum absolute atomic E-state index is 0.0460. The van der Waals surface area contributed by atoms with Gasteiger partial charge in [0.25, 0.3) is 0 Å². The molecule has 3 N–H and O–H groups in total. The second-order valence-corrected chi connectivity index (χ2v) is 12.6. The zero-order valence-electron chi connectivity index (χ0n) is 16.3. The molecule has 0 fully saturated rings. The van der Waals surface area contributed by atoms with Gasteiger partial charge in [0.1, 0.15) is 5.78 Å². The van der Waals surface area contributed by atoms with Crippen molar-refractivity contribution in [3.05, 3.63) is 54.1 Å². The molecule has 1 heterocycles. The van der Waals surface area contributed by atoms with Gasteiger partial charge in [0.15, 0.2) is 4.34 Å². The summed E-state index contributed by atoms with van der Waals surface area (Å²) in [6, 6.07) is 13.1. The average molecular weight is 487 g/mol. The smallest absolute Gasteiger partial charge is 0.323 e. The lowest BCUT2D eigenvalue weighted by Crippen LogP contribution is -2.36. The molecule has 3 aromatic rings. The van der Waals surface area contributed by atoms with Crippen LogP contribution in [0.5, 0.6) is 0 Å². The van der Waals surface area contributed by atoms with E-state index in [2.05, 4.69) is 16.6 Å². The Morgan fingerprint density at radius 3 is 2.60 bits per heavy atom. The molecule has 1 aromatic heterocycles. The molecule has 3 rings (SSSR count). The summed E-state index contributed by atoms with van der Waals surface area (Å²) in [5.41, 5.74) is 1.33. The number of hydrogen-bond donors (Lipinski definition) is 3. The van der Waals surface area contributed by atoms with Gasteiger partial charge in [0, 0.05) is 12.2 Å². The molecule has 0 aliphatic carbocycles. The summed E-state index contributed by atoms with van der Waals surface area (Å²) in [6.07, 6.45) is 2.05. The minimum Gasteiger partial charge on any atom is -0.323 e. The molecule has 30 heavy (non-hydrogen) atoms. The van der Waals surface area contributed by atoms with E-state index in [9.17, 15) is 22.8 Å². The largest absolute Gasteiger partial charge is 0.343 e. The lowest BCUT2D eigenvalue weighted by Gasteiger charge is -2.20. The first-order chi connectivity index (χ1) is 14.2. The maximum Gasteiger partial charge on any atom is 0.343 e. The Kier molecular flexibility index (Phi) is 7.73. The normalized spacial score (nSPS) is 13.6. The van der Waals surface area contributed by atoms with Crippen molar-refractivity contribution in [2.24, 2.45) is 0 Å². The number of nitrogens with zero attached hydrogens (tertiary/aromatic N) is 1. The van der Waals surface area contributed by atoms with Crippen LogP contribution in [0.2, 0.25) is 0 Å². The maximum absolute atomic E-state index is 12.9. The predicted molar refractivity (Wildman–Crippen MR) is 122 cm³/mol. The van der Waals surface area contributed by atoms with E-state index in [0.717, 1.165) is 22.9 Å². The number of thioether (sulfide) groups is 1. The Hall–Kier alpha value is -1.26. The number of aromatic nitrogens is 1. The molecule has 0 bridgehead atoms. The van der Waals surface area contributed by atoms with Gasteiger partial charge in [-0.2, -0.15) is 4.72 Å². The third-order valence-corrected chi connectivity index (χ3v) is 9.36. The Bertz CT molecular complexity index is 1150. The van der Waals surface area contributed by atoms with Crippen LogP contribution in [0.25, 0.3) is 10.2 Å². The fourth-order valence-electron chi connectivity index (χ4n) is 2.73. The van der Waals surface area contributed by atoms with Crippen LogP contribution in [-0.4, -0.2) is 34.7 Å². The van der Waals surface area contributed by atoms with Crippen molar-refractivity contribution in [1.82, 2.24) is 9.71 Å². The monoisotopic (exact) mass is 486 g/mol. The summed E-state index contributed by atoms with van der Waals surface area (Å²) in [4.78, 5) is 23.9. The second-order valence-electron chi connectivity index (χ2n) is 6.73. The number of rotatable bonds is 10. The van der Waals surface area contributed by atoms with E-state index in [-0.39, 0.29) is 11.3 Å².